The van der Waals surface area contributed by atoms with Gasteiger partial charge in [-0.05, 0) is 41.8 Å². The molecule has 9 heteroatoms. The molecule has 8 nitrogen and oxygen atoms in total. The number of carbonyl (C=O) groups is 1. The quantitative estimate of drug-likeness (QED) is 0.623. The molecule has 0 aliphatic carbocycles. The fraction of sp³-hybridized carbons (Fsp3) is 0.286. The molecule has 2 heterocycles. The number of nitrogens with one attached hydrogen (secondary N) is 2. The number of hydrogen-bond acceptors (Lipinski definition) is 6. The van der Waals surface area contributed by atoms with Crippen molar-refractivity contribution in [1.29, 1.82) is 0 Å². The lowest BCUT2D eigenvalue weighted by molar-refractivity contribution is -0.119. The van der Waals surface area contributed by atoms with E-state index in [1.165, 1.54) is 7.11 Å². The van der Waals surface area contributed by atoms with E-state index in [1.54, 1.807) is 11.8 Å². The first-order valence-corrected chi connectivity index (χ1v) is 9.86. The molecular formula is C21H22ClN5O3. The number of amides is 1. The van der Waals surface area contributed by atoms with Gasteiger partial charge in [0.2, 0.25) is 5.95 Å². The minimum atomic E-state index is -0.310. The Kier molecular flexibility index (Phi) is 5.87. The van der Waals surface area contributed by atoms with Crippen molar-refractivity contribution in [1.82, 2.24) is 14.8 Å². The average Bonchev–Trinajstić information content (AvgIpc) is 3.16. The summed E-state index contributed by atoms with van der Waals surface area (Å²) in [7, 11) is 3.10. The highest BCUT2D eigenvalue weighted by atomic mass is 35.5. The standard InChI is InChI=1S/C21H22ClN5O3/c1-29-12-19(28)24-20-25-21-23-17(13-3-7-15(22)8-4-13)11-18(27(21)26-20)14-5-9-16(30-2)10-6-14/h3-10,17-18H,11-12H2,1-2H3,(H2,23,24,25,26,28)/t17-,18-/m0/s1. The molecule has 2 atom stereocenters. The lowest BCUT2D eigenvalue weighted by Crippen LogP contribution is -2.28. The molecule has 0 radical (unpaired) electrons. The van der Waals surface area contributed by atoms with E-state index in [0.29, 0.717) is 11.0 Å². The van der Waals surface area contributed by atoms with Gasteiger partial charge < -0.3 is 14.8 Å². The minimum Gasteiger partial charge on any atom is -0.497 e. The summed E-state index contributed by atoms with van der Waals surface area (Å²) in [5.74, 6) is 1.29. The van der Waals surface area contributed by atoms with Crippen LogP contribution in [0.3, 0.4) is 0 Å². The summed E-state index contributed by atoms with van der Waals surface area (Å²) >= 11 is 6.05. The maximum atomic E-state index is 11.9. The summed E-state index contributed by atoms with van der Waals surface area (Å²) in [5.41, 5.74) is 2.16. The highest BCUT2D eigenvalue weighted by Gasteiger charge is 2.31. The van der Waals surface area contributed by atoms with E-state index in [2.05, 4.69) is 20.7 Å². The van der Waals surface area contributed by atoms with E-state index in [-0.39, 0.29) is 30.5 Å². The normalized spacial score (nSPS) is 17.7. The Labute approximate surface area is 179 Å². The van der Waals surface area contributed by atoms with Crippen molar-refractivity contribution in [2.24, 2.45) is 0 Å². The first-order valence-electron chi connectivity index (χ1n) is 9.48. The Morgan fingerprint density at radius 1 is 1.17 bits per heavy atom. The predicted octanol–water partition coefficient (Wildman–Crippen LogP) is 3.67. The van der Waals surface area contributed by atoms with Gasteiger partial charge in [-0.25, -0.2) is 4.68 Å². The molecule has 0 unspecified atom stereocenters. The Balaban J connectivity index is 1.68. The van der Waals surface area contributed by atoms with Crippen LogP contribution in [0, 0.1) is 0 Å². The van der Waals surface area contributed by atoms with Crippen LogP contribution in [0.4, 0.5) is 11.9 Å². The van der Waals surface area contributed by atoms with Gasteiger partial charge in [-0.2, -0.15) is 4.98 Å². The molecule has 0 fully saturated rings. The molecule has 1 aromatic heterocycles. The molecule has 156 valence electrons. The van der Waals surface area contributed by atoms with Crippen molar-refractivity contribution in [2.75, 3.05) is 31.5 Å². The van der Waals surface area contributed by atoms with Gasteiger partial charge in [0, 0.05) is 12.1 Å². The second kappa shape index (κ2) is 8.73. The van der Waals surface area contributed by atoms with Gasteiger partial charge in [-0.15, -0.1) is 5.10 Å². The van der Waals surface area contributed by atoms with Gasteiger partial charge >= 0.3 is 0 Å². The predicted molar refractivity (Wildman–Crippen MR) is 114 cm³/mol. The molecule has 0 saturated carbocycles. The number of methoxy groups -OCH3 is 2. The smallest absolute Gasteiger partial charge is 0.252 e. The zero-order valence-corrected chi connectivity index (χ0v) is 17.4. The first kappa shape index (κ1) is 20.2. The number of aromatic nitrogens is 3. The molecule has 30 heavy (non-hydrogen) atoms. The number of hydrogen-bond donors (Lipinski definition) is 2. The molecule has 1 amide bonds. The van der Waals surface area contributed by atoms with Crippen LogP contribution in [0.2, 0.25) is 5.02 Å². The zero-order chi connectivity index (χ0) is 21.1. The van der Waals surface area contributed by atoms with Crippen molar-refractivity contribution in [3.63, 3.8) is 0 Å². The fourth-order valence-corrected chi connectivity index (χ4v) is 3.67. The molecule has 3 aromatic rings. The lowest BCUT2D eigenvalue weighted by atomic mass is 9.93. The van der Waals surface area contributed by atoms with E-state index in [0.717, 1.165) is 23.3 Å². The van der Waals surface area contributed by atoms with Crippen molar-refractivity contribution in [2.45, 2.75) is 18.5 Å². The number of anilines is 2. The molecule has 0 saturated heterocycles. The summed E-state index contributed by atoms with van der Waals surface area (Å²) < 4.78 is 11.9. The van der Waals surface area contributed by atoms with E-state index in [1.807, 2.05) is 48.5 Å². The second-order valence-corrected chi connectivity index (χ2v) is 7.39. The SMILES string of the molecule is COCC(=O)Nc1nc2n(n1)[C@H](c1ccc(OC)cc1)C[C@@H](c1ccc(Cl)cc1)N2. The Morgan fingerprint density at radius 2 is 1.87 bits per heavy atom. The number of nitrogens with zero attached hydrogens (tertiary/aromatic N) is 3. The Bertz CT molecular complexity index is 1020. The Morgan fingerprint density at radius 3 is 2.53 bits per heavy atom. The summed E-state index contributed by atoms with van der Waals surface area (Å²) in [6.45, 7) is -0.0629. The molecule has 2 aromatic carbocycles. The van der Waals surface area contributed by atoms with Gasteiger partial charge in [0.25, 0.3) is 11.9 Å². The van der Waals surface area contributed by atoms with Gasteiger partial charge in [0.05, 0.1) is 19.2 Å². The third kappa shape index (κ3) is 4.24. The molecule has 2 N–H and O–H groups in total. The van der Waals surface area contributed by atoms with Crippen molar-refractivity contribution in [3.8, 4) is 5.75 Å². The number of ether oxygens (including phenoxy) is 2. The Hall–Kier alpha value is -3.10. The largest absolute Gasteiger partial charge is 0.497 e. The van der Waals surface area contributed by atoms with E-state index < -0.39 is 0 Å². The van der Waals surface area contributed by atoms with Crippen LogP contribution in [0.5, 0.6) is 5.75 Å². The van der Waals surface area contributed by atoms with E-state index in [9.17, 15) is 4.79 Å². The van der Waals surface area contributed by atoms with Crippen LogP contribution < -0.4 is 15.4 Å². The number of rotatable bonds is 6. The third-order valence-corrected chi connectivity index (χ3v) is 5.24. The highest BCUT2D eigenvalue weighted by molar-refractivity contribution is 6.30. The molecule has 1 aliphatic rings. The van der Waals surface area contributed by atoms with Crippen LogP contribution in [0.25, 0.3) is 0 Å². The molecule has 1 aliphatic heterocycles. The van der Waals surface area contributed by atoms with Crippen LogP contribution in [-0.4, -0.2) is 41.5 Å². The van der Waals surface area contributed by atoms with Crippen LogP contribution in [-0.2, 0) is 9.53 Å². The maximum absolute atomic E-state index is 11.9. The molecular weight excluding hydrogens is 406 g/mol. The van der Waals surface area contributed by atoms with Crippen LogP contribution in [0.1, 0.15) is 29.6 Å². The minimum absolute atomic E-state index is 0.00796. The van der Waals surface area contributed by atoms with Gasteiger partial charge in [0.15, 0.2) is 0 Å². The van der Waals surface area contributed by atoms with E-state index >= 15 is 0 Å². The highest BCUT2D eigenvalue weighted by Crippen LogP contribution is 2.38. The monoisotopic (exact) mass is 427 g/mol. The fourth-order valence-electron chi connectivity index (χ4n) is 3.54. The third-order valence-electron chi connectivity index (χ3n) is 4.99. The lowest BCUT2D eigenvalue weighted by Gasteiger charge is -2.31. The molecule has 4 rings (SSSR count). The number of halogens is 1. The van der Waals surface area contributed by atoms with E-state index in [4.69, 9.17) is 21.1 Å². The van der Waals surface area contributed by atoms with Crippen molar-refractivity contribution >= 4 is 29.4 Å². The van der Waals surface area contributed by atoms with Gasteiger partial charge in [0.1, 0.15) is 12.4 Å². The number of fused-ring (bicyclic) bond motifs is 1. The summed E-state index contributed by atoms with van der Waals surface area (Å²) in [4.78, 5) is 16.4. The summed E-state index contributed by atoms with van der Waals surface area (Å²) in [5, 5.41) is 11.3. The summed E-state index contributed by atoms with van der Waals surface area (Å²) in [6, 6.07) is 15.6. The van der Waals surface area contributed by atoms with Gasteiger partial charge in [-0.3, -0.25) is 10.1 Å². The van der Waals surface area contributed by atoms with Crippen molar-refractivity contribution in [3.05, 3.63) is 64.7 Å². The number of carbonyl (C=O) groups excluding carboxylic acids is 1. The topological polar surface area (TPSA) is 90.3 Å². The maximum Gasteiger partial charge on any atom is 0.252 e. The molecule has 0 bridgehead atoms. The first-order chi connectivity index (χ1) is 14.6. The zero-order valence-electron chi connectivity index (χ0n) is 16.6. The summed E-state index contributed by atoms with van der Waals surface area (Å²) in [6.07, 6.45) is 0.746. The second-order valence-electron chi connectivity index (χ2n) is 6.96. The van der Waals surface area contributed by atoms with Crippen LogP contribution in [0.15, 0.2) is 48.5 Å². The van der Waals surface area contributed by atoms with Crippen molar-refractivity contribution < 1.29 is 14.3 Å². The molecule has 0 spiro atoms. The average molecular weight is 428 g/mol. The van der Waals surface area contributed by atoms with Gasteiger partial charge in [-0.1, -0.05) is 35.9 Å². The number of benzene rings is 2. The van der Waals surface area contributed by atoms with Crippen LogP contribution >= 0.6 is 11.6 Å².